The topological polar surface area (TPSA) is 41.5 Å². The lowest BCUT2D eigenvalue weighted by Gasteiger charge is -2.17. The summed E-state index contributed by atoms with van der Waals surface area (Å²) in [4.78, 5) is 0. The van der Waals surface area contributed by atoms with Gasteiger partial charge in [-0.05, 0) is 39.2 Å². The molecule has 2 unspecified atom stereocenters. The summed E-state index contributed by atoms with van der Waals surface area (Å²) in [6, 6.07) is 0.464. The molecular formula is C11H25NO2S. The average molecular weight is 235 g/mol. The zero-order chi connectivity index (χ0) is 11.7. The minimum atomic E-state index is -0.399. The second-order valence-electron chi connectivity index (χ2n) is 4.13. The standard InChI is InChI=1S/C11H25NO2S/c1-9(2)14-8-11(13)7-12-10(3)5-6-15-4/h9-13H,5-8H2,1-4H3. The predicted molar refractivity (Wildman–Crippen MR) is 67.6 cm³/mol. The first-order valence-corrected chi connectivity index (χ1v) is 6.97. The Morgan fingerprint density at radius 3 is 2.53 bits per heavy atom. The van der Waals surface area contributed by atoms with Gasteiger partial charge in [-0.1, -0.05) is 0 Å². The van der Waals surface area contributed by atoms with Crippen molar-refractivity contribution in [2.45, 2.75) is 45.4 Å². The van der Waals surface area contributed by atoms with Crippen LogP contribution in [0.3, 0.4) is 0 Å². The van der Waals surface area contributed by atoms with Gasteiger partial charge in [0.25, 0.3) is 0 Å². The molecule has 0 bridgehead atoms. The van der Waals surface area contributed by atoms with E-state index in [2.05, 4.69) is 18.5 Å². The van der Waals surface area contributed by atoms with Gasteiger partial charge in [-0.2, -0.15) is 11.8 Å². The minimum Gasteiger partial charge on any atom is -0.389 e. The van der Waals surface area contributed by atoms with Crippen molar-refractivity contribution in [2.24, 2.45) is 0 Å². The van der Waals surface area contributed by atoms with Crippen molar-refractivity contribution in [3.63, 3.8) is 0 Å². The number of aliphatic hydroxyl groups excluding tert-OH is 1. The van der Waals surface area contributed by atoms with Gasteiger partial charge >= 0.3 is 0 Å². The summed E-state index contributed by atoms with van der Waals surface area (Å²) in [7, 11) is 0. The summed E-state index contributed by atoms with van der Waals surface area (Å²) < 4.78 is 5.32. The van der Waals surface area contributed by atoms with E-state index in [0.717, 1.165) is 12.2 Å². The third kappa shape index (κ3) is 10.5. The minimum absolute atomic E-state index is 0.188. The molecule has 15 heavy (non-hydrogen) atoms. The first-order valence-electron chi connectivity index (χ1n) is 5.58. The molecule has 2 N–H and O–H groups in total. The van der Waals surface area contributed by atoms with Gasteiger partial charge in [0.2, 0.25) is 0 Å². The Balaban J connectivity index is 3.39. The van der Waals surface area contributed by atoms with E-state index in [1.54, 1.807) is 0 Å². The van der Waals surface area contributed by atoms with Gasteiger partial charge in [-0.25, -0.2) is 0 Å². The molecular weight excluding hydrogens is 210 g/mol. The molecule has 0 heterocycles. The molecule has 0 aliphatic heterocycles. The van der Waals surface area contributed by atoms with Crippen molar-refractivity contribution in [3.8, 4) is 0 Å². The van der Waals surface area contributed by atoms with Gasteiger partial charge in [0.05, 0.1) is 18.8 Å². The molecule has 3 nitrogen and oxygen atoms in total. The highest BCUT2D eigenvalue weighted by Crippen LogP contribution is 2.00. The van der Waals surface area contributed by atoms with Crippen LogP contribution < -0.4 is 5.32 Å². The first kappa shape index (κ1) is 15.2. The van der Waals surface area contributed by atoms with Crippen LogP contribution in [-0.4, -0.2) is 48.5 Å². The molecule has 0 aliphatic carbocycles. The van der Waals surface area contributed by atoms with Crippen molar-refractivity contribution in [3.05, 3.63) is 0 Å². The molecule has 0 aromatic heterocycles. The maximum Gasteiger partial charge on any atom is 0.0897 e. The van der Waals surface area contributed by atoms with Crippen molar-refractivity contribution in [2.75, 3.05) is 25.2 Å². The summed E-state index contributed by atoms with van der Waals surface area (Å²) in [5.41, 5.74) is 0. The van der Waals surface area contributed by atoms with Gasteiger partial charge in [-0.15, -0.1) is 0 Å². The van der Waals surface area contributed by atoms with E-state index in [1.807, 2.05) is 25.6 Å². The van der Waals surface area contributed by atoms with E-state index >= 15 is 0 Å². The fourth-order valence-electron chi connectivity index (χ4n) is 1.10. The summed E-state index contributed by atoms with van der Waals surface area (Å²) in [6.45, 7) is 7.12. The van der Waals surface area contributed by atoms with Crippen LogP contribution in [0, 0.1) is 0 Å². The van der Waals surface area contributed by atoms with E-state index in [-0.39, 0.29) is 6.10 Å². The summed E-state index contributed by atoms with van der Waals surface area (Å²) in [5, 5.41) is 12.9. The lowest BCUT2D eigenvalue weighted by Crippen LogP contribution is -2.36. The summed E-state index contributed by atoms with van der Waals surface area (Å²) in [6.07, 6.45) is 3.04. The summed E-state index contributed by atoms with van der Waals surface area (Å²) >= 11 is 1.85. The van der Waals surface area contributed by atoms with E-state index in [9.17, 15) is 5.11 Å². The zero-order valence-electron chi connectivity index (χ0n) is 10.3. The normalized spacial score (nSPS) is 15.6. The Bertz CT molecular complexity index is 145. The third-order valence-electron chi connectivity index (χ3n) is 2.08. The predicted octanol–water partition coefficient (Wildman–Crippen LogP) is 1.50. The number of aliphatic hydroxyl groups is 1. The van der Waals surface area contributed by atoms with E-state index in [1.165, 1.54) is 0 Å². The molecule has 0 radical (unpaired) electrons. The Kier molecular flexibility index (Phi) is 9.60. The van der Waals surface area contributed by atoms with Crippen LogP contribution in [-0.2, 0) is 4.74 Å². The van der Waals surface area contributed by atoms with Gasteiger partial charge in [0, 0.05) is 12.6 Å². The van der Waals surface area contributed by atoms with E-state index in [4.69, 9.17) is 4.74 Å². The highest BCUT2D eigenvalue weighted by Gasteiger charge is 2.07. The molecule has 0 saturated carbocycles. The van der Waals surface area contributed by atoms with Gasteiger partial charge in [0.15, 0.2) is 0 Å². The van der Waals surface area contributed by atoms with Crippen molar-refractivity contribution >= 4 is 11.8 Å². The Morgan fingerprint density at radius 2 is 2.00 bits per heavy atom. The number of rotatable bonds is 9. The fourth-order valence-corrected chi connectivity index (χ4v) is 1.69. The van der Waals surface area contributed by atoms with Crippen LogP contribution >= 0.6 is 11.8 Å². The molecule has 2 atom stereocenters. The van der Waals surface area contributed by atoms with Crippen LogP contribution in [0.1, 0.15) is 27.2 Å². The van der Waals surface area contributed by atoms with Crippen LogP contribution in [0.2, 0.25) is 0 Å². The third-order valence-corrected chi connectivity index (χ3v) is 2.72. The molecule has 0 aliphatic rings. The smallest absolute Gasteiger partial charge is 0.0897 e. The molecule has 0 saturated heterocycles. The monoisotopic (exact) mass is 235 g/mol. The van der Waals surface area contributed by atoms with Crippen molar-refractivity contribution in [1.82, 2.24) is 5.32 Å². The van der Waals surface area contributed by atoms with Crippen LogP contribution in [0.4, 0.5) is 0 Å². The largest absolute Gasteiger partial charge is 0.389 e. The maximum absolute atomic E-state index is 9.58. The van der Waals surface area contributed by atoms with Gasteiger partial charge in [-0.3, -0.25) is 0 Å². The number of ether oxygens (including phenoxy) is 1. The fraction of sp³-hybridized carbons (Fsp3) is 1.00. The molecule has 0 aromatic carbocycles. The maximum atomic E-state index is 9.58. The van der Waals surface area contributed by atoms with E-state index < -0.39 is 6.10 Å². The molecule has 0 spiro atoms. The van der Waals surface area contributed by atoms with Crippen LogP contribution in [0.5, 0.6) is 0 Å². The van der Waals surface area contributed by atoms with Crippen LogP contribution in [0.25, 0.3) is 0 Å². The second kappa shape index (κ2) is 9.46. The molecule has 0 rings (SSSR count). The molecule has 0 aromatic rings. The highest BCUT2D eigenvalue weighted by atomic mass is 32.2. The van der Waals surface area contributed by atoms with Crippen molar-refractivity contribution in [1.29, 1.82) is 0 Å². The average Bonchev–Trinajstić information content (AvgIpc) is 2.20. The lowest BCUT2D eigenvalue weighted by atomic mass is 10.2. The SMILES string of the molecule is CSCCC(C)NCC(O)COC(C)C. The lowest BCUT2D eigenvalue weighted by molar-refractivity contribution is 0.00561. The van der Waals surface area contributed by atoms with Crippen molar-refractivity contribution < 1.29 is 9.84 Å². The number of hydrogen-bond donors (Lipinski definition) is 2. The Labute approximate surface area is 98.0 Å². The number of thioether (sulfide) groups is 1. The van der Waals surface area contributed by atoms with Gasteiger partial charge < -0.3 is 15.2 Å². The Hall–Kier alpha value is 0.230. The molecule has 0 amide bonds. The second-order valence-corrected chi connectivity index (χ2v) is 5.11. The number of hydrogen-bond acceptors (Lipinski definition) is 4. The summed E-state index contributed by atoms with van der Waals surface area (Å²) in [5.74, 6) is 1.16. The zero-order valence-corrected chi connectivity index (χ0v) is 11.1. The molecule has 4 heteroatoms. The quantitative estimate of drug-likeness (QED) is 0.635. The molecule has 92 valence electrons. The van der Waals surface area contributed by atoms with Crippen LogP contribution in [0.15, 0.2) is 0 Å². The molecule has 0 fully saturated rings. The number of nitrogens with one attached hydrogen (secondary N) is 1. The first-order chi connectivity index (χ1) is 7.06. The highest BCUT2D eigenvalue weighted by molar-refractivity contribution is 7.98. The van der Waals surface area contributed by atoms with E-state index in [0.29, 0.717) is 19.2 Å². The Morgan fingerprint density at radius 1 is 1.33 bits per heavy atom. The van der Waals surface area contributed by atoms with Gasteiger partial charge in [0.1, 0.15) is 0 Å².